The van der Waals surface area contributed by atoms with E-state index in [1.165, 1.54) is 0 Å². The number of ketones is 2. The summed E-state index contributed by atoms with van der Waals surface area (Å²) in [5.41, 5.74) is 0. The van der Waals surface area contributed by atoms with Gasteiger partial charge in [0.15, 0.2) is 11.6 Å². The Balaban J connectivity index is 3.32. The van der Waals surface area contributed by atoms with E-state index in [4.69, 9.17) is 0 Å². The van der Waals surface area contributed by atoms with Crippen molar-refractivity contribution >= 4 is 52.5 Å². The molecule has 0 bridgehead atoms. The summed E-state index contributed by atoms with van der Waals surface area (Å²) in [6.45, 7) is 0. The van der Waals surface area contributed by atoms with Gasteiger partial charge in [0, 0.05) is 41.0 Å². The molecule has 0 spiro atoms. The first kappa shape index (κ1) is 9.77. The zero-order valence-electron chi connectivity index (χ0n) is 7.82. The highest BCUT2D eigenvalue weighted by Gasteiger charge is 2.23. The van der Waals surface area contributed by atoms with E-state index in [9.17, 15) is 9.59 Å². The van der Waals surface area contributed by atoms with E-state index in [0.717, 1.165) is 61.8 Å². The average Bonchev–Trinajstić information content (AvgIpc) is 2.08. The summed E-state index contributed by atoms with van der Waals surface area (Å²) < 4.78 is 0. The number of hydrogen-bond donors (Lipinski definition) is 0. The minimum atomic E-state index is 0.197. The van der Waals surface area contributed by atoms with Gasteiger partial charge >= 0.3 is 0 Å². The molecule has 0 aromatic rings. The quantitative estimate of drug-likeness (QED) is 0.307. The maximum atomic E-state index is 11.5. The molecule has 0 saturated carbocycles. The van der Waals surface area contributed by atoms with Crippen molar-refractivity contribution in [3.8, 4) is 0 Å². The largest absolute Gasteiger partial charge is 0.290 e. The molecular formula is C6H12O2Si4. The van der Waals surface area contributed by atoms with E-state index in [2.05, 4.69) is 0 Å². The number of hydrogen-bond acceptors (Lipinski definition) is 2. The van der Waals surface area contributed by atoms with Gasteiger partial charge in [-0.05, 0) is 20.8 Å². The Morgan fingerprint density at radius 1 is 0.583 bits per heavy atom. The third-order valence-corrected chi connectivity index (χ3v) is 9.30. The van der Waals surface area contributed by atoms with Gasteiger partial charge in [0.05, 0.1) is 0 Å². The van der Waals surface area contributed by atoms with Crippen molar-refractivity contribution in [1.29, 1.82) is 0 Å². The molecule has 6 heteroatoms. The Labute approximate surface area is 83.2 Å². The summed E-state index contributed by atoms with van der Waals surface area (Å²) in [4.78, 5) is 23.1. The van der Waals surface area contributed by atoms with Crippen molar-refractivity contribution in [2.75, 3.05) is 0 Å². The third kappa shape index (κ3) is 1.30. The molecule has 1 aliphatic rings. The van der Waals surface area contributed by atoms with E-state index < -0.39 is 0 Å². The Hall–Kier alpha value is -0.312. The summed E-state index contributed by atoms with van der Waals surface area (Å²) in [5.74, 6) is 0.394. The van der Waals surface area contributed by atoms with Crippen LogP contribution in [0.3, 0.4) is 0 Å². The molecule has 0 atom stereocenters. The number of Topliss-reactive ketones (excluding diaryl/α,β-unsaturated/α-hetero) is 2. The first-order chi connectivity index (χ1) is 5.46. The third-order valence-electron chi connectivity index (χ3n) is 2.49. The van der Waals surface area contributed by atoms with Gasteiger partial charge in [0.25, 0.3) is 0 Å². The number of carbonyl (C=O) groups excluding carboxylic acids is 2. The molecule has 64 valence electrons. The lowest BCUT2D eigenvalue weighted by molar-refractivity contribution is -0.114. The smallest absolute Gasteiger partial charge is 0.175 e. The predicted octanol–water partition coefficient (Wildman–Crippen LogP) is -4.98. The van der Waals surface area contributed by atoms with Crippen molar-refractivity contribution in [2.45, 2.75) is 0 Å². The van der Waals surface area contributed by atoms with E-state index >= 15 is 0 Å². The van der Waals surface area contributed by atoms with E-state index in [-0.39, 0.29) is 11.6 Å². The summed E-state index contributed by atoms with van der Waals surface area (Å²) in [6.07, 6.45) is 0. The fourth-order valence-corrected chi connectivity index (χ4v) is 4.65. The fourth-order valence-electron chi connectivity index (χ4n) is 1.24. The second-order valence-electron chi connectivity index (χ2n) is 3.16. The Morgan fingerprint density at radius 3 is 0.917 bits per heavy atom. The van der Waals surface area contributed by atoms with Crippen LogP contribution in [0, 0.1) is 0 Å². The van der Waals surface area contributed by atoms with Gasteiger partial charge in [-0.1, -0.05) is 0 Å². The van der Waals surface area contributed by atoms with Gasteiger partial charge < -0.3 is 0 Å². The van der Waals surface area contributed by atoms with Crippen LogP contribution in [-0.4, -0.2) is 52.5 Å². The maximum Gasteiger partial charge on any atom is 0.175 e. The van der Waals surface area contributed by atoms with E-state index in [1.807, 2.05) is 0 Å². The van der Waals surface area contributed by atoms with Crippen molar-refractivity contribution in [2.24, 2.45) is 0 Å². The van der Waals surface area contributed by atoms with Gasteiger partial charge in [-0.25, -0.2) is 0 Å². The standard InChI is InChI=1S/C6H12O2Si4/c7-1-3(9)5(11)2(8)6(12)4(1)10/h9-12H3. The van der Waals surface area contributed by atoms with Crippen LogP contribution in [0.15, 0.2) is 20.8 Å². The Morgan fingerprint density at radius 2 is 0.750 bits per heavy atom. The van der Waals surface area contributed by atoms with Crippen LogP contribution >= 0.6 is 0 Å². The molecule has 0 aromatic heterocycles. The van der Waals surface area contributed by atoms with Gasteiger partial charge in [-0.2, -0.15) is 0 Å². The SMILES string of the molecule is O=C1C([SiH3])=C([SiH3])C(=O)C([SiH3])=C1[SiH3]. The molecule has 0 N–H and O–H groups in total. The molecule has 0 fully saturated rings. The fraction of sp³-hybridized carbons (Fsp3) is 0. The van der Waals surface area contributed by atoms with Crippen LogP contribution in [-0.2, 0) is 9.59 Å². The summed E-state index contributed by atoms with van der Waals surface area (Å²) >= 11 is 0. The van der Waals surface area contributed by atoms with Crippen LogP contribution in [0.2, 0.25) is 0 Å². The molecule has 1 aliphatic carbocycles. The highest BCUT2D eigenvalue weighted by Crippen LogP contribution is 2.16. The zero-order valence-corrected chi connectivity index (χ0v) is 15.8. The molecule has 1 rings (SSSR count). The second-order valence-corrected chi connectivity index (χ2v) is 7.16. The normalized spacial score (nSPS) is 20.3. The van der Waals surface area contributed by atoms with Crippen LogP contribution in [0.1, 0.15) is 0 Å². The van der Waals surface area contributed by atoms with Crippen LogP contribution < -0.4 is 0 Å². The summed E-state index contributed by atoms with van der Waals surface area (Å²) in [7, 11) is 2.93. The zero-order chi connectivity index (χ0) is 9.46. The molecule has 0 saturated heterocycles. The molecular weight excluding hydrogens is 216 g/mol. The molecule has 2 nitrogen and oxygen atoms in total. The number of allylic oxidation sites excluding steroid dienone is 4. The van der Waals surface area contributed by atoms with Gasteiger partial charge in [-0.3, -0.25) is 9.59 Å². The predicted molar refractivity (Wildman–Crippen MR) is 63.8 cm³/mol. The topological polar surface area (TPSA) is 34.1 Å². The Bertz CT molecular complexity index is 277. The van der Waals surface area contributed by atoms with E-state index in [0.29, 0.717) is 0 Å². The lowest BCUT2D eigenvalue weighted by Gasteiger charge is -2.15. The lowest BCUT2D eigenvalue weighted by atomic mass is 10.1. The lowest BCUT2D eigenvalue weighted by Crippen LogP contribution is -2.24. The highest BCUT2D eigenvalue weighted by molar-refractivity contribution is 6.65. The van der Waals surface area contributed by atoms with Crippen molar-refractivity contribution in [1.82, 2.24) is 0 Å². The van der Waals surface area contributed by atoms with E-state index in [1.54, 1.807) is 0 Å². The summed E-state index contributed by atoms with van der Waals surface area (Å²) in [5, 5.41) is 3.38. The average molecular weight is 229 g/mol. The molecule has 12 heavy (non-hydrogen) atoms. The Kier molecular flexibility index (Phi) is 2.61. The van der Waals surface area contributed by atoms with Crippen molar-refractivity contribution in [3.05, 3.63) is 20.8 Å². The second kappa shape index (κ2) is 3.21. The maximum absolute atomic E-state index is 11.5. The number of rotatable bonds is 0. The molecule has 0 heterocycles. The molecule has 0 radical (unpaired) electrons. The van der Waals surface area contributed by atoms with Crippen LogP contribution in [0.25, 0.3) is 0 Å². The van der Waals surface area contributed by atoms with Gasteiger partial charge in [0.2, 0.25) is 0 Å². The van der Waals surface area contributed by atoms with Crippen LogP contribution in [0.5, 0.6) is 0 Å². The molecule has 0 aliphatic heterocycles. The van der Waals surface area contributed by atoms with Crippen molar-refractivity contribution in [3.63, 3.8) is 0 Å². The van der Waals surface area contributed by atoms with Crippen LogP contribution in [0.4, 0.5) is 0 Å². The molecule has 0 unspecified atom stereocenters. The molecule has 0 aromatic carbocycles. The first-order valence-electron chi connectivity index (χ1n) is 3.91. The minimum absolute atomic E-state index is 0.197. The monoisotopic (exact) mass is 228 g/mol. The molecule has 0 amide bonds. The summed E-state index contributed by atoms with van der Waals surface area (Å²) in [6, 6.07) is 0. The minimum Gasteiger partial charge on any atom is -0.290 e. The first-order valence-corrected chi connectivity index (χ1v) is 7.91. The van der Waals surface area contributed by atoms with Gasteiger partial charge in [0.1, 0.15) is 0 Å². The number of carbonyl (C=O) groups is 2. The van der Waals surface area contributed by atoms with Crippen molar-refractivity contribution < 1.29 is 9.59 Å². The van der Waals surface area contributed by atoms with Gasteiger partial charge in [-0.15, -0.1) is 0 Å². The highest BCUT2D eigenvalue weighted by atomic mass is 28.2.